The summed E-state index contributed by atoms with van der Waals surface area (Å²) in [6, 6.07) is 8.23. The molecule has 0 spiro atoms. The Balaban J connectivity index is 1.76. The minimum Gasteiger partial charge on any atom is -0.481 e. The molecule has 0 unspecified atom stereocenters. The molecule has 2 aliphatic rings. The standard InChI is InChI=1S/C27H33Cl2N3O5S/c1-17(10-11-31(3)38(36,37)22-8-9-22)32-25(18-4-6-20(28)7-5-18)23(19-12-21(29)16-30-15-19)13-27(2,26(32)35)14-24(33)34/h4-7,12,15-17,22-23,25H,8-11,13-14H2,1-3H3,(H,33,34)/t17-,23+,25+,27+/m0/s1. The zero-order valence-corrected chi connectivity index (χ0v) is 24.0. The highest BCUT2D eigenvalue weighted by Gasteiger charge is 2.52. The van der Waals surface area contributed by atoms with Crippen molar-refractivity contribution in [2.45, 2.75) is 69.2 Å². The highest BCUT2D eigenvalue weighted by molar-refractivity contribution is 7.90. The lowest BCUT2D eigenvalue weighted by atomic mass is 9.67. The van der Waals surface area contributed by atoms with Gasteiger partial charge < -0.3 is 10.0 Å². The highest BCUT2D eigenvalue weighted by Crippen LogP contribution is 2.52. The van der Waals surface area contributed by atoms with Gasteiger partial charge in [0.15, 0.2) is 0 Å². The van der Waals surface area contributed by atoms with Gasteiger partial charge in [0.2, 0.25) is 15.9 Å². The van der Waals surface area contributed by atoms with Crippen molar-refractivity contribution in [2.24, 2.45) is 5.41 Å². The minimum atomic E-state index is -3.36. The molecule has 2 aromatic rings. The summed E-state index contributed by atoms with van der Waals surface area (Å²) in [5.41, 5.74) is 0.463. The van der Waals surface area contributed by atoms with Crippen LogP contribution in [0.1, 0.15) is 69.0 Å². The van der Waals surface area contributed by atoms with Gasteiger partial charge in [0.25, 0.3) is 0 Å². The van der Waals surface area contributed by atoms with Crippen LogP contribution in [0, 0.1) is 5.41 Å². The molecule has 0 radical (unpaired) electrons. The van der Waals surface area contributed by atoms with E-state index in [1.807, 2.05) is 19.1 Å². The summed E-state index contributed by atoms with van der Waals surface area (Å²) in [4.78, 5) is 32.0. The van der Waals surface area contributed by atoms with E-state index in [1.54, 1.807) is 43.3 Å². The Labute approximate surface area is 234 Å². The Hall–Kier alpha value is -2.20. The zero-order valence-electron chi connectivity index (χ0n) is 21.7. The largest absolute Gasteiger partial charge is 0.481 e. The number of carbonyl (C=O) groups excluding carboxylic acids is 1. The van der Waals surface area contributed by atoms with Crippen LogP contribution >= 0.6 is 23.2 Å². The number of aliphatic carboxylic acids is 1. The molecule has 0 bridgehead atoms. The van der Waals surface area contributed by atoms with E-state index in [2.05, 4.69) is 4.98 Å². The number of nitrogens with zero attached hydrogens (tertiary/aromatic N) is 3. The predicted molar refractivity (Wildman–Crippen MR) is 147 cm³/mol. The molecule has 1 amide bonds. The molecule has 1 saturated heterocycles. The van der Waals surface area contributed by atoms with Crippen LogP contribution in [0.3, 0.4) is 0 Å². The van der Waals surface area contributed by atoms with Gasteiger partial charge in [-0.25, -0.2) is 12.7 Å². The number of piperidine rings is 1. The van der Waals surface area contributed by atoms with Crippen molar-refractivity contribution in [1.29, 1.82) is 0 Å². The van der Waals surface area contributed by atoms with Crippen LogP contribution in [0.5, 0.6) is 0 Å². The van der Waals surface area contributed by atoms with Crippen molar-refractivity contribution in [3.8, 4) is 0 Å². The Morgan fingerprint density at radius 3 is 2.42 bits per heavy atom. The molecule has 2 fully saturated rings. The Kier molecular flexibility index (Phi) is 8.43. The van der Waals surface area contributed by atoms with E-state index in [9.17, 15) is 23.1 Å². The first-order chi connectivity index (χ1) is 17.8. The van der Waals surface area contributed by atoms with Crippen LogP contribution in [0.4, 0.5) is 0 Å². The molecule has 1 saturated carbocycles. The van der Waals surface area contributed by atoms with Crippen molar-refractivity contribution in [2.75, 3.05) is 13.6 Å². The van der Waals surface area contributed by atoms with E-state index < -0.39 is 27.4 Å². The van der Waals surface area contributed by atoms with Crippen molar-refractivity contribution in [3.63, 3.8) is 0 Å². The lowest BCUT2D eigenvalue weighted by Gasteiger charge is -2.51. The Morgan fingerprint density at radius 1 is 1.18 bits per heavy atom. The maximum atomic E-state index is 14.1. The number of halogens is 2. The molecular formula is C27H33Cl2N3O5S. The molecular weight excluding hydrogens is 549 g/mol. The van der Waals surface area contributed by atoms with Gasteiger partial charge in [-0.05, 0) is 61.9 Å². The van der Waals surface area contributed by atoms with Gasteiger partial charge in [-0.2, -0.15) is 0 Å². The van der Waals surface area contributed by atoms with Crippen molar-refractivity contribution < 1.29 is 23.1 Å². The fraction of sp³-hybridized carbons (Fsp3) is 0.519. The first kappa shape index (κ1) is 28.8. The molecule has 4 atom stereocenters. The number of hydrogen-bond acceptors (Lipinski definition) is 5. The van der Waals surface area contributed by atoms with Gasteiger partial charge in [-0.15, -0.1) is 0 Å². The average molecular weight is 583 g/mol. The van der Waals surface area contributed by atoms with Crippen LogP contribution in [-0.2, 0) is 19.6 Å². The van der Waals surface area contributed by atoms with E-state index in [4.69, 9.17) is 23.2 Å². The predicted octanol–water partition coefficient (Wildman–Crippen LogP) is 5.13. The maximum absolute atomic E-state index is 14.1. The number of sulfonamides is 1. The van der Waals surface area contributed by atoms with Gasteiger partial charge in [0, 0.05) is 43.0 Å². The molecule has 1 N–H and O–H groups in total. The second-order valence-electron chi connectivity index (χ2n) is 10.8. The van der Waals surface area contributed by atoms with Crippen LogP contribution in [0.25, 0.3) is 0 Å². The molecule has 206 valence electrons. The summed E-state index contributed by atoms with van der Waals surface area (Å²) < 4.78 is 26.8. The number of amides is 1. The smallest absolute Gasteiger partial charge is 0.304 e. The van der Waals surface area contributed by atoms with Crippen LogP contribution in [0.2, 0.25) is 10.0 Å². The zero-order chi connectivity index (χ0) is 27.8. The van der Waals surface area contributed by atoms with Gasteiger partial charge >= 0.3 is 5.97 Å². The molecule has 1 aliphatic heterocycles. The molecule has 38 heavy (non-hydrogen) atoms. The number of likely N-dealkylation sites (tertiary alicyclic amines) is 1. The molecule has 1 aliphatic carbocycles. The molecule has 4 rings (SSSR count). The molecule has 2 heterocycles. The maximum Gasteiger partial charge on any atom is 0.304 e. The van der Waals surface area contributed by atoms with Crippen LogP contribution in [0.15, 0.2) is 42.7 Å². The topological polar surface area (TPSA) is 108 Å². The monoisotopic (exact) mass is 581 g/mol. The van der Waals surface area contributed by atoms with Crippen molar-refractivity contribution in [1.82, 2.24) is 14.2 Å². The highest BCUT2D eigenvalue weighted by atomic mass is 35.5. The van der Waals surface area contributed by atoms with Crippen molar-refractivity contribution in [3.05, 3.63) is 63.9 Å². The third-order valence-electron chi connectivity index (χ3n) is 7.73. The summed E-state index contributed by atoms with van der Waals surface area (Å²) in [6.45, 7) is 3.82. The van der Waals surface area contributed by atoms with E-state index in [0.29, 0.717) is 29.3 Å². The second-order valence-corrected chi connectivity index (χ2v) is 14.0. The molecule has 8 nitrogen and oxygen atoms in total. The number of hydrogen-bond donors (Lipinski definition) is 1. The van der Waals surface area contributed by atoms with Gasteiger partial charge in [0.1, 0.15) is 0 Å². The first-order valence-corrected chi connectivity index (χ1v) is 14.9. The van der Waals surface area contributed by atoms with Crippen molar-refractivity contribution >= 4 is 45.1 Å². The molecule has 11 heteroatoms. The van der Waals surface area contributed by atoms with Gasteiger partial charge in [-0.1, -0.05) is 42.3 Å². The Bertz CT molecular complexity index is 1300. The summed E-state index contributed by atoms with van der Waals surface area (Å²) in [5.74, 6) is -1.64. The Morgan fingerprint density at radius 2 is 1.84 bits per heavy atom. The average Bonchev–Trinajstić information content (AvgIpc) is 3.70. The van der Waals surface area contributed by atoms with Gasteiger partial charge in [-0.3, -0.25) is 14.6 Å². The van der Waals surface area contributed by atoms with Crippen LogP contribution in [-0.4, -0.2) is 64.5 Å². The number of rotatable bonds is 10. The number of carboxylic acids is 1. The number of pyridine rings is 1. The minimum absolute atomic E-state index is 0.246. The summed E-state index contributed by atoms with van der Waals surface area (Å²) in [6.07, 6.45) is 4.93. The normalized spacial score (nSPS) is 25.0. The lowest BCUT2D eigenvalue weighted by molar-refractivity contribution is -0.160. The second kappa shape index (κ2) is 11.1. The number of carbonyl (C=O) groups is 2. The van der Waals surface area contributed by atoms with Gasteiger partial charge in [0.05, 0.1) is 28.2 Å². The molecule has 1 aromatic heterocycles. The third-order valence-corrected chi connectivity index (χ3v) is 10.5. The van der Waals surface area contributed by atoms with E-state index in [-0.39, 0.29) is 42.5 Å². The third kappa shape index (κ3) is 6.01. The quantitative estimate of drug-likeness (QED) is 0.416. The number of benzene rings is 1. The lowest BCUT2D eigenvalue weighted by Crippen LogP contribution is -2.56. The van der Waals surface area contributed by atoms with E-state index in [0.717, 1.165) is 11.1 Å². The summed E-state index contributed by atoms with van der Waals surface area (Å²) >= 11 is 12.5. The van der Waals surface area contributed by atoms with Crippen LogP contribution < -0.4 is 0 Å². The number of aromatic nitrogens is 1. The fourth-order valence-electron chi connectivity index (χ4n) is 5.51. The molecule has 1 aromatic carbocycles. The van der Waals surface area contributed by atoms with E-state index in [1.165, 1.54) is 10.5 Å². The summed E-state index contributed by atoms with van der Waals surface area (Å²) in [7, 11) is -1.79. The SMILES string of the molecule is C[C@@H](CCN(C)S(=O)(=O)C1CC1)N1C(=O)[C@@](C)(CC(=O)O)C[C@H](c2cncc(Cl)c2)[C@H]1c1ccc(Cl)cc1. The van der Waals surface area contributed by atoms with E-state index >= 15 is 0 Å². The first-order valence-electron chi connectivity index (χ1n) is 12.7. The fourth-order valence-corrected chi connectivity index (χ4v) is 7.42. The summed E-state index contributed by atoms with van der Waals surface area (Å²) in [5, 5.41) is 10.4. The number of carboxylic acid groups (broad SMARTS) is 1.